The first kappa shape index (κ1) is 12.6. The van der Waals surface area contributed by atoms with Gasteiger partial charge in [-0.15, -0.1) is 0 Å². The molecule has 1 aliphatic carbocycles. The van der Waals surface area contributed by atoms with Gasteiger partial charge in [-0.05, 0) is 56.0 Å². The van der Waals surface area contributed by atoms with Crippen molar-refractivity contribution in [3.8, 4) is 0 Å². The summed E-state index contributed by atoms with van der Waals surface area (Å²) in [4.78, 5) is 0. The molecule has 0 aromatic heterocycles. The SMILES string of the molecule is Cc1cc(F)ccc1CCNC1CCCCC1. The van der Waals surface area contributed by atoms with E-state index in [4.69, 9.17) is 0 Å². The topological polar surface area (TPSA) is 12.0 Å². The third kappa shape index (κ3) is 3.81. The molecular weight excluding hydrogens is 213 g/mol. The molecule has 0 aliphatic heterocycles. The maximum absolute atomic E-state index is 12.9. The van der Waals surface area contributed by atoms with E-state index < -0.39 is 0 Å². The molecule has 0 heterocycles. The average Bonchev–Trinajstić information content (AvgIpc) is 2.33. The third-order valence-electron chi connectivity index (χ3n) is 3.74. The van der Waals surface area contributed by atoms with Crippen LogP contribution in [0.3, 0.4) is 0 Å². The number of benzene rings is 1. The minimum atomic E-state index is -0.133. The fraction of sp³-hybridized carbons (Fsp3) is 0.600. The lowest BCUT2D eigenvalue weighted by atomic mass is 9.95. The molecule has 2 heteroatoms. The molecule has 2 rings (SSSR count). The Bertz CT molecular complexity index is 356. The van der Waals surface area contributed by atoms with E-state index in [2.05, 4.69) is 5.32 Å². The third-order valence-corrected chi connectivity index (χ3v) is 3.74. The van der Waals surface area contributed by atoms with Crippen LogP contribution in [0.2, 0.25) is 0 Å². The Morgan fingerprint density at radius 2 is 2.00 bits per heavy atom. The smallest absolute Gasteiger partial charge is 0.123 e. The van der Waals surface area contributed by atoms with Crippen molar-refractivity contribution in [1.29, 1.82) is 0 Å². The largest absolute Gasteiger partial charge is 0.314 e. The van der Waals surface area contributed by atoms with Crippen molar-refractivity contribution < 1.29 is 4.39 Å². The molecule has 0 radical (unpaired) electrons. The fourth-order valence-corrected chi connectivity index (χ4v) is 2.66. The highest BCUT2D eigenvalue weighted by atomic mass is 19.1. The van der Waals surface area contributed by atoms with Gasteiger partial charge >= 0.3 is 0 Å². The zero-order valence-corrected chi connectivity index (χ0v) is 10.6. The number of hydrogen-bond acceptors (Lipinski definition) is 1. The van der Waals surface area contributed by atoms with Crippen LogP contribution >= 0.6 is 0 Å². The molecule has 0 unspecified atom stereocenters. The monoisotopic (exact) mass is 235 g/mol. The van der Waals surface area contributed by atoms with E-state index >= 15 is 0 Å². The van der Waals surface area contributed by atoms with Gasteiger partial charge in [0.1, 0.15) is 5.82 Å². The first-order valence-corrected chi connectivity index (χ1v) is 6.74. The van der Waals surface area contributed by atoms with Gasteiger partial charge in [0.2, 0.25) is 0 Å². The number of nitrogens with one attached hydrogen (secondary N) is 1. The molecule has 1 aromatic carbocycles. The van der Waals surface area contributed by atoms with E-state index in [1.54, 1.807) is 12.1 Å². The molecule has 94 valence electrons. The lowest BCUT2D eigenvalue weighted by Crippen LogP contribution is -2.32. The fourth-order valence-electron chi connectivity index (χ4n) is 2.66. The van der Waals surface area contributed by atoms with E-state index in [0.717, 1.165) is 18.5 Å². The highest BCUT2D eigenvalue weighted by molar-refractivity contribution is 5.26. The Labute approximate surface area is 103 Å². The molecule has 0 bridgehead atoms. The molecule has 0 amide bonds. The first-order chi connectivity index (χ1) is 8.25. The van der Waals surface area contributed by atoms with Crippen LogP contribution < -0.4 is 5.32 Å². The first-order valence-electron chi connectivity index (χ1n) is 6.74. The van der Waals surface area contributed by atoms with Crippen molar-refractivity contribution in [3.05, 3.63) is 35.1 Å². The van der Waals surface area contributed by atoms with Gasteiger partial charge in [-0.3, -0.25) is 0 Å². The van der Waals surface area contributed by atoms with E-state index in [1.807, 2.05) is 13.0 Å². The highest BCUT2D eigenvalue weighted by Crippen LogP contribution is 2.17. The van der Waals surface area contributed by atoms with E-state index in [9.17, 15) is 4.39 Å². The van der Waals surface area contributed by atoms with Crippen molar-refractivity contribution in [3.63, 3.8) is 0 Å². The van der Waals surface area contributed by atoms with Crippen LogP contribution in [0.15, 0.2) is 18.2 Å². The van der Waals surface area contributed by atoms with Crippen LogP contribution in [-0.2, 0) is 6.42 Å². The predicted molar refractivity (Wildman–Crippen MR) is 69.7 cm³/mol. The van der Waals surface area contributed by atoms with Gasteiger partial charge in [-0.2, -0.15) is 0 Å². The summed E-state index contributed by atoms with van der Waals surface area (Å²) in [6, 6.07) is 5.80. The van der Waals surface area contributed by atoms with Gasteiger partial charge < -0.3 is 5.32 Å². The second-order valence-corrected chi connectivity index (χ2v) is 5.11. The number of rotatable bonds is 4. The molecule has 0 spiro atoms. The minimum Gasteiger partial charge on any atom is -0.314 e. The van der Waals surface area contributed by atoms with Crippen LogP contribution in [0, 0.1) is 12.7 Å². The Kier molecular flexibility index (Phi) is 4.55. The highest BCUT2D eigenvalue weighted by Gasteiger charge is 2.12. The van der Waals surface area contributed by atoms with Crippen molar-refractivity contribution in [2.75, 3.05) is 6.54 Å². The summed E-state index contributed by atoms with van der Waals surface area (Å²) in [7, 11) is 0. The van der Waals surface area contributed by atoms with Gasteiger partial charge in [0.05, 0.1) is 0 Å². The predicted octanol–water partition coefficient (Wildman–Crippen LogP) is 3.60. The van der Waals surface area contributed by atoms with Gasteiger partial charge in [0, 0.05) is 6.04 Å². The van der Waals surface area contributed by atoms with E-state index in [1.165, 1.54) is 37.7 Å². The summed E-state index contributed by atoms with van der Waals surface area (Å²) in [6.07, 6.45) is 7.78. The summed E-state index contributed by atoms with van der Waals surface area (Å²) < 4.78 is 12.9. The lowest BCUT2D eigenvalue weighted by molar-refractivity contribution is 0.375. The Morgan fingerprint density at radius 3 is 2.71 bits per heavy atom. The van der Waals surface area contributed by atoms with Crippen LogP contribution in [0.1, 0.15) is 43.2 Å². The summed E-state index contributed by atoms with van der Waals surface area (Å²) in [6.45, 7) is 3.00. The molecular formula is C15H22FN. The second kappa shape index (κ2) is 6.15. The number of hydrogen-bond donors (Lipinski definition) is 1. The Hall–Kier alpha value is -0.890. The summed E-state index contributed by atoms with van der Waals surface area (Å²) in [5.74, 6) is -0.133. The second-order valence-electron chi connectivity index (χ2n) is 5.11. The molecule has 1 saturated carbocycles. The molecule has 1 N–H and O–H groups in total. The van der Waals surface area contributed by atoms with Crippen LogP contribution in [-0.4, -0.2) is 12.6 Å². The van der Waals surface area contributed by atoms with Gasteiger partial charge in [0.25, 0.3) is 0 Å². The van der Waals surface area contributed by atoms with E-state index in [0.29, 0.717) is 6.04 Å². The summed E-state index contributed by atoms with van der Waals surface area (Å²) in [5, 5.41) is 3.62. The lowest BCUT2D eigenvalue weighted by Gasteiger charge is -2.23. The summed E-state index contributed by atoms with van der Waals surface area (Å²) in [5.41, 5.74) is 2.32. The normalized spacial score (nSPS) is 17.3. The van der Waals surface area contributed by atoms with Crippen molar-refractivity contribution in [2.45, 2.75) is 51.5 Å². The Morgan fingerprint density at radius 1 is 1.24 bits per heavy atom. The van der Waals surface area contributed by atoms with Gasteiger partial charge in [-0.1, -0.05) is 25.3 Å². The van der Waals surface area contributed by atoms with Crippen LogP contribution in [0.4, 0.5) is 4.39 Å². The standard InChI is InChI=1S/C15H22FN/c1-12-11-14(16)8-7-13(12)9-10-17-15-5-3-2-4-6-15/h7-8,11,15,17H,2-6,9-10H2,1H3. The van der Waals surface area contributed by atoms with E-state index in [-0.39, 0.29) is 5.82 Å². The van der Waals surface area contributed by atoms with Gasteiger partial charge in [0.15, 0.2) is 0 Å². The zero-order valence-electron chi connectivity index (χ0n) is 10.6. The Balaban J connectivity index is 1.77. The molecule has 1 fully saturated rings. The maximum Gasteiger partial charge on any atom is 0.123 e. The van der Waals surface area contributed by atoms with Crippen LogP contribution in [0.5, 0.6) is 0 Å². The molecule has 1 aromatic rings. The van der Waals surface area contributed by atoms with Crippen molar-refractivity contribution in [1.82, 2.24) is 5.32 Å². The molecule has 1 aliphatic rings. The zero-order chi connectivity index (χ0) is 12.1. The minimum absolute atomic E-state index is 0.133. The number of halogens is 1. The average molecular weight is 235 g/mol. The van der Waals surface area contributed by atoms with Crippen LogP contribution in [0.25, 0.3) is 0 Å². The summed E-state index contributed by atoms with van der Waals surface area (Å²) >= 11 is 0. The van der Waals surface area contributed by atoms with Crippen molar-refractivity contribution >= 4 is 0 Å². The molecule has 0 saturated heterocycles. The van der Waals surface area contributed by atoms with Gasteiger partial charge in [-0.25, -0.2) is 4.39 Å². The number of aryl methyl sites for hydroxylation is 1. The molecule has 1 nitrogen and oxygen atoms in total. The van der Waals surface area contributed by atoms with Crippen molar-refractivity contribution in [2.24, 2.45) is 0 Å². The maximum atomic E-state index is 12.9. The molecule has 0 atom stereocenters. The quantitative estimate of drug-likeness (QED) is 0.840. The molecule has 17 heavy (non-hydrogen) atoms.